The van der Waals surface area contributed by atoms with Crippen molar-refractivity contribution >= 4 is 38.9 Å². The van der Waals surface area contributed by atoms with Crippen molar-refractivity contribution in [1.82, 2.24) is 29.5 Å². The van der Waals surface area contributed by atoms with Gasteiger partial charge in [0.15, 0.2) is 18.1 Å². The average molecular weight is 791 g/mol. The summed E-state index contributed by atoms with van der Waals surface area (Å²) in [5.41, 5.74) is 2.80. The number of aromatic nitrogens is 4. The number of nitrogens with zero attached hydrogens (tertiary/aromatic N) is 6. The summed E-state index contributed by atoms with van der Waals surface area (Å²) in [7, 11) is 2.12. The minimum Gasteiger partial charge on any atom is -0.491 e. The molecule has 1 saturated heterocycles. The maximum Gasteiger partial charge on any atom is 0.278 e. The van der Waals surface area contributed by atoms with Crippen LogP contribution in [0.3, 0.4) is 0 Å². The Bertz CT molecular complexity index is 2290. The number of benzene rings is 2. The minimum absolute atomic E-state index is 0.0364. The quantitative estimate of drug-likeness (QED) is 0.101. The number of likely N-dealkylation sites (N-methyl/N-ethyl adjacent to an activating group) is 1. The standard InChI is InChI=1S/C40H41ClF2N6O5S/c1-5-49-26(14-15-46-49)22-52-29-9-7-6-8-28(29)36(43)37(25(3)50)54-39-34-33(38(31-12-13-32(42)53-31)55-40(34)45-23-44-39)27-10-11-30(35(41)24(27)2)51-21-20-48-18-16-47(4)17-19-48/h6-15,23,36-37H,5,16-22H2,1-4H3/t36-,37-/m0/s1. The first-order valence-electron chi connectivity index (χ1n) is 18.0. The van der Waals surface area contributed by atoms with Gasteiger partial charge in [-0.2, -0.15) is 9.49 Å². The number of furan rings is 1. The van der Waals surface area contributed by atoms with Gasteiger partial charge in [0.05, 0.1) is 21.0 Å². The fourth-order valence-corrected chi connectivity index (χ4v) is 7.98. The predicted molar refractivity (Wildman–Crippen MR) is 207 cm³/mol. The van der Waals surface area contributed by atoms with E-state index in [4.69, 9.17) is 30.2 Å². The molecule has 0 bridgehead atoms. The summed E-state index contributed by atoms with van der Waals surface area (Å²) >= 11 is 8.19. The average Bonchev–Trinajstić information content (AvgIpc) is 3.94. The van der Waals surface area contributed by atoms with Crippen LogP contribution in [0.25, 0.3) is 32.0 Å². The number of aryl methyl sites for hydroxylation is 1. The molecule has 0 N–H and O–H groups in total. The number of alkyl halides is 1. The number of fused-ring (bicyclic) bond motifs is 1. The maximum absolute atomic E-state index is 16.7. The van der Waals surface area contributed by atoms with Crippen molar-refractivity contribution in [2.75, 3.05) is 46.4 Å². The van der Waals surface area contributed by atoms with Gasteiger partial charge in [0.1, 0.15) is 41.6 Å². The molecule has 0 spiro atoms. The molecule has 4 aromatic heterocycles. The topological polar surface area (TPSA) is 108 Å². The van der Waals surface area contributed by atoms with Gasteiger partial charge in [0, 0.05) is 62.7 Å². The molecule has 1 aliphatic heterocycles. The fourth-order valence-electron chi connectivity index (χ4n) is 6.65. The molecule has 0 aliphatic carbocycles. The second-order valence-electron chi connectivity index (χ2n) is 13.3. The molecule has 1 aliphatic rings. The second kappa shape index (κ2) is 16.9. The lowest BCUT2D eigenvalue weighted by Crippen LogP contribution is -2.45. The zero-order chi connectivity index (χ0) is 38.6. The molecule has 2 aromatic carbocycles. The van der Waals surface area contributed by atoms with Crippen LogP contribution in [0.5, 0.6) is 17.4 Å². The van der Waals surface area contributed by atoms with Gasteiger partial charge >= 0.3 is 0 Å². The van der Waals surface area contributed by atoms with Crippen molar-refractivity contribution in [2.24, 2.45) is 0 Å². The minimum atomic E-state index is -1.94. The van der Waals surface area contributed by atoms with E-state index in [9.17, 15) is 9.18 Å². The van der Waals surface area contributed by atoms with Gasteiger partial charge in [-0.15, -0.1) is 11.3 Å². The highest BCUT2D eigenvalue weighted by Crippen LogP contribution is 2.50. The number of piperazine rings is 1. The third-order valence-corrected chi connectivity index (χ3v) is 11.3. The van der Waals surface area contributed by atoms with Crippen molar-refractivity contribution in [3.63, 3.8) is 0 Å². The summed E-state index contributed by atoms with van der Waals surface area (Å²) in [4.78, 5) is 27.7. The van der Waals surface area contributed by atoms with Crippen LogP contribution < -0.4 is 14.2 Å². The Morgan fingerprint density at radius 3 is 2.58 bits per heavy atom. The summed E-state index contributed by atoms with van der Waals surface area (Å²) in [6, 6.07) is 14.0. The SMILES string of the molecule is CCn1nccc1COc1ccccc1[C@H](F)[C@@H](Oc1ncnc2sc(-c3ccc(F)o3)c(-c3ccc(OCCN4CCN(C)CC4)c(Cl)c3C)c12)C(C)=O. The van der Waals surface area contributed by atoms with Gasteiger partial charge in [-0.3, -0.25) is 14.4 Å². The van der Waals surface area contributed by atoms with E-state index in [1.165, 1.54) is 36.7 Å². The highest BCUT2D eigenvalue weighted by atomic mass is 35.5. The number of carbonyl (C=O) groups is 1. The number of carbonyl (C=O) groups excluding carboxylic acids is 1. The monoisotopic (exact) mass is 790 g/mol. The molecule has 55 heavy (non-hydrogen) atoms. The normalized spacial score (nSPS) is 15.0. The van der Waals surface area contributed by atoms with E-state index in [2.05, 4.69) is 31.9 Å². The van der Waals surface area contributed by atoms with E-state index in [0.717, 1.165) is 38.4 Å². The highest BCUT2D eigenvalue weighted by Gasteiger charge is 2.34. The van der Waals surface area contributed by atoms with E-state index in [0.29, 0.717) is 55.7 Å². The number of Topliss-reactive ketones (excluding diaryl/α,β-unsaturated/α-hetero) is 1. The van der Waals surface area contributed by atoms with Crippen LogP contribution in [0.2, 0.25) is 5.02 Å². The first-order chi connectivity index (χ1) is 26.6. The Labute approximate surface area is 326 Å². The van der Waals surface area contributed by atoms with Crippen molar-refractivity contribution in [3.05, 3.63) is 95.0 Å². The Morgan fingerprint density at radius 2 is 1.84 bits per heavy atom. The number of rotatable bonds is 15. The lowest BCUT2D eigenvalue weighted by molar-refractivity contribution is -0.126. The van der Waals surface area contributed by atoms with Crippen LogP contribution >= 0.6 is 22.9 Å². The number of thiophene rings is 1. The van der Waals surface area contributed by atoms with Crippen LogP contribution in [0.1, 0.15) is 36.8 Å². The van der Waals surface area contributed by atoms with Crippen LogP contribution in [0.4, 0.5) is 8.78 Å². The first kappa shape index (κ1) is 38.4. The van der Waals surface area contributed by atoms with E-state index in [1.54, 1.807) is 41.2 Å². The molecule has 7 rings (SSSR count). The Kier molecular flexibility index (Phi) is 11.8. The number of para-hydroxylation sites is 1. The van der Waals surface area contributed by atoms with Gasteiger partial charge in [0.25, 0.3) is 6.01 Å². The molecule has 5 heterocycles. The summed E-state index contributed by atoms with van der Waals surface area (Å²) in [6.07, 6.45) is -0.592. The number of hydrogen-bond acceptors (Lipinski definition) is 11. The van der Waals surface area contributed by atoms with Crippen LogP contribution in [0.15, 0.2) is 71.5 Å². The summed E-state index contributed by atoms with van der Waals surface area (Å²) < 4.78 is 56.8. The van der Waals surface area contributed by atoms with Crippen molar-refractivity contribution < 1.29 is 32.2 Å². The van der Waals surface area contributed by atoms with Gasteiger partial charge < -0.3 is 23.5 Å². The van der Waals surface area contributed by atoms with Gasteiger partial charge in [-0.1, -0.05) is 35.9 Å². The largest absolute Gasteiger partial charge is 0.491 e. The molecular weight excluding hydrogens is 750 g/mol. The zero-order valence-corrected chi connectivity index (χ0v) is 32.5. The molecular formula is C40H41ClF2N6O5S. The lowest BCUT2D eigenvalue weighted by Gasteiger charge is -2.32. The van der Waals surface area contributed by atoms with Crippen LogP contribution in [-0.4, -0.2) is 87.8 Å². The molecule has 11 nitrogen and oxygen atoms in total. The Hall–Kier alpha value is -4.89. The number of ether oxygens (including phenoxy) is 3. The summed E-state index contributed by atoms with van der Waals surface area (Å²) in [5.74, 6) is 0.417. The van der Waals surface area contributed by atoms with Gasteiger partial charge in [-0.25, -0.2) is 14.4 Å². The molecule has 6 aromatic rings. The maximum atomic E-state index is 16.7. The third-order valence-electron chi connectivity index (χ3n) is 9.73. The Morgan fingerprint density at radius 1 is 1.04 bits per heavy atom. The van der Waals surface area contributed by atoms with E-state index in [1.807, 2.05) is 26.0 Å². The fraction of sp³-hybridized carbons (Fsp3) is 0.350. The van der Waals surface area contributed by atoms with E-state index in [-0.39, 0.29) is 29.6 Å². The summed E-state index contributed by atoms with van der Waals surface area (Å²) in [5, 5.41) is 5.05. The van der Waals surface area contributed by atoms with E-state index < -0.39 is 24.1 Å². The molecule has 1 fully saturated rings. The molecule has 2 atom stereocenters. The van der Waals surface area contributed by atoms with Crippen molar-refractivity contribution in [1.29, 1.82) is 0 Å². The second-order valence-corrected chi connectivity index (χ2v) is 14.7. The number of halogens is 3. The van der Waals surface area contributed by atoms with Crippen LogP contribution in [-0.2, 0) is 17.9 Å². The molecule has 0 amide bonds. The molecule has 0 radical (unpaired) electrons. The molecule has 15 heteroatoms. The Balaban J connectivity index is 1.23. The van der Waals surface area contributed by atoms with Crippen molar-refractivity contribution in [2.45, 2.75) is 46.2 Å². The smallest absolute Gasteiger partial charge is 0.278 e. The summed E-state index contributed by atoms with van der Waals surface area (Å²) in [6.45, 7) is 11.1. The van der Waals surface area contributed by atoms with Crippen LogP contribution in [0, 0.1) is 12.9 Å². The number of hydrogen-bond donors (Lipinski definition) is 0. The first-order valence-corrected chi connectivity index (χ1v) is 19.2. The van der Waals surface area contributed by atoms with E-state index >= 15 is 4.39 Å². The molecule has 0 unspecified atom stereocenters. The lowest BCUT2D eigenvalue weighted by atomic mass is 9.97. The van der Waals surface area contributed by atoms with Crippen molar-refractivity contribution in [3.8, 4) is 39.1 Å². The highest BCUT2D eigenvalue weighted by molar-refractivity contribution is 7.22. The van der Waals surface area contributed by atoms with Gasteiger partial charge in [0.2, 0.25) is 5.88 Å². The molecule has 288 valence electrons. The third kappa shape index (κ3) is 8.23. The number of ketones is 1. The van der Waals surface area contributed by atoms with Gasteiger partial charge in [-0.05, 0) is 63.2 Å². The predicted octanol–water partition coefficient (Wildman–Crippen LogP) is 8.19. The molecule has 0 saturated carbocycles. The zero-order valence-electron chi connectivity index (χ0n) is 30.9.